The van der Waals surface area contributed by atoms with Crippen molar-refractivity contribution in [3.8, 4) is 5.75 Å². The van der Waals surface area contributed by atoms with E-state index in [1.807, 2.05) is 0 Å². The minimum atomic E-state index is -0.632. The number of ether oxygens (including phenoxy) is 2. The molecule has 0 saturated carbocycles. The van der Waals surface area contributed by atoms with E-state index >= 15 is 0 Å². The summed E-state index contributed by atoms with van der Waals surface area (Å²) in [6, 6.07) is 6.17. The SMILES string of the molecule is CC/C=C\C/C=C\C/C=C\C/C=C\C/C=C\CCCCSC(OC)C(=O)NCCOC(=O)c1ccccc1O. The molecule has 1 aromatic carbocycles. The molecule has 39 heavy (non-hydrogen) atoms. The van der Waals surface area contributed by atoms with Crippen molar-refractivity contribution in [2.45, 2.75) is 63.7 Å². The van der Waals surface area contributed by atoms with E-state index in [1.165, 1.54) is 31.0 Å². The molecule has 0 radical (unpaired) electrons. The second kappa shape index (κ2) is 24.0. The smallest absolute Gasteiger partial charge is 0.341 e. The predicted molar refractivity (Wildman–Crippen MR) is 163 cm³/mol. The number of amides is 1. The van der Waals surface area contributed by atoms with Crippen LogP contribution in [0.15, 0.2) is 85.0 Å². The van der Waals surface area contributed by atoms with Gasteiger partial charge in [-0.2, -0.15) is 0 Å². The van der Waals surface area contributed by atoms with Crippen LogP contribution in [0.2, 0.25) is 0 Å². The second-order valence-corrected chi connectivity index (χ2v) is 9.76. The van der Waals surface area contributed by atoms with E-state index in [2.05, 4.69) is 73.0 Å². The van der Waals surface area contributed by atoms with Crippen LogP contribution in [0.25, 0.3) is 0 Å². The first-order valence-electron chi connectivity index (χ1n) is 13.7. The normalized spacial score (nSPS) is 12.9. The van der Waals surface area contributed by atoms with Gasteiger partial charge in [-0.15, -0.1) is 11.8 Å². The van der Waals surface area contributed by atoms with Gasteiger partial charge in [0.1, 0.15) is 17.9 Å². The van der Waals surface area contributed by atoms with Crippen molar-refractivity contribution in [2.75, 3.05) is 26.0 Å². The van der Waals surface area contributed by atoms with Gasteiger partial charge in [0.05, 0.1) is 6.54 Å². The molecule has 0 bridgehead atoms. The molecule has 214 valence electrons. The van der Waals surface area contributed by atoms with Crippen LogP contribution in [-0.2, 0) is 14.3 Å². The first-order chi connectivity index (χ1) is 19.1. The van der Waals surface area contributed by atoms with E-state index in [-0.39, 0.29) is 30.4 Å². The van der Waals surface area contributed by atoms with Crippen LogP contribution < -0.4 is 5.32 Å². The Hall–Kier alpha value is -3.03. The highest BCUT2D eigenvalue weighted by Crippen LogP contribution is 2.17. The molecule has 0 saturated heterocycles. The molecule has 0 fully saturated rings. The molecule has 1 aromatic rings. The lowest BCUT2D eigenvalue weighted by Crippen LogP contribution is -2.36. The van der Waals surface area contributed by atoms with Gasteiger partial charge in [0.2, 0.25) is 0 Å². The Morgan fingerprint density at radius 2 is 1.49 bits per heavy atom. The fraction of sp³-hybridized carbons (Fsp3) is 0.438. The molecule has 0 aliphatic carbocycles. The molecule has 2 N–H and O–H groups in total. The number of hydrogen-bond donors (Lipinski definition) is 2. The van der Waals surface area contributed by atoms with Crippen molar-refractivity contribution in [3.05, 3.63) is 90.6 Å². The number of allylic oxidation sites excluding steroid dienone is 10. The van der Waals surface area contributed by atoms with Gasteiger partial charge in [0.15, 0.2) is 5.44 Å². The molecule has 0 aromatic heterocycles. The molecule has 7 heteroatoms. The summed E-state index contributed by atoms with van der Waals surface area (Å²) in [5.74, 6) is -0.200. The van der Waals surface area contributed by atoms with Crippen LogP contribution in [0.5, 0.6) is 5.75 Å². The van der Waals surface area contributed by atoms with Gasteiger partial charge in [-0.1, -0.05) is 79.8 Å². The van der Waals surface area contributed by atoms with E-state index in [0.717, 1.165) is 57.1 Å². The number of rotatable bonds is 21. The summed E-state index contributed by atoms with van der Waals surface area (Å²) in [4.78, 5) is 24.3. The van der Waals surface area contributed by atoms with Crippen LogP contribution in [0.1, 0.15) is 68.6 Å². The van der Waals surface area contributed by atoms with E-state index in [4.69, 9.17) is 9.47 Å². The molecule has 1 unspecified atom stereocenters. The predicted octanol–water partition coefficient (Wildman–Crippen LogP) is 7.29. The lowest BCUT2D eigenvalue weighted by Gasteiger charge is -2.15. The minimum absolute atomic E-state index is 0.00720. The number of methoxy groups -OCH3 is 1. The summed E-state index contributed by atoms with van der Waals surface area (Å²) < 4.78 is 10.4. The molecule has 0 aliphatic heterocycles. The molecule has 1 amide bonds. The number of benzene rings is 1. The van der Waals surface area contributed by atoms with Gasteiger partial charge in [-0.25, -0.2) is 4.79 Å². The Kier molecular flexibility index (Phi) is 21.0. The molecule has 1 atom stereocenters. The highest BCUT2D eigenvalue weighted by atomic mass is 32.2. The third-order valence-corrected chi connectivity index (χ3v) is 6.61. The Morgan fingerprint density at radius 3 is 2.08 bits per heavy atom. The van der Waals surface area contributed by atoms with Crippen LogP contribution in [-0.4, -0.2) is 48.4 Å². The molecule has 0 heterocycles. The summed E-state index contributed by atoms with van der Waals surface area (Å²) >= 11 is 1.46. The molecule has 0 aliphatic rings. The standard InChI is InChI=1S/C32H45NO5S/c1-3-4-5-6-7-8-9-10-11-12-13-14-15-16-17-18-19-22-27-39-32(37-2)30(35)33-25-26-38-31(36)28-23-20-21-24-29(28)34/h4-5,7-8,10-11,13-14,16-17,20-21,23-24,32,34H,3,6,9,12,15,18-19,22,25-27H2,1-2H3,(H,33,35)/b5-4-,8-7-,11-10-,14-13-,17-16-. The molecular formula is C32H45NO5S. The third kappa shape index (κ3) is 18.0. The van der Waals surface area contributed by atoms with Crippen LogP contribution >= 0.6 is 11.8 Å². The van der Waals surface area contributed by atoms with Crippen LogP contribution in [0.3, 0.4) is 0 Å². The highest BCUT2D eigenvalue weighted by molar-refractivity contribution is 8.00. The van der Waals surface area contributed by atoms with Gasteiger partial charge in [0, 0.05) is 7.11 Å². The number of carbonyl (C=O) groups excluding carboxylic acids is 2. The third-order valence-electron chi connectivity index (χ3n) is 5.38. The summed E-state index contributed by atoms with van der Waals surface area (Å²) in [6.07, 6.45) is 30.0. The number of unbranched alkanes of at least 4 members (excludes halogenated alkanes) is 2. The van der Waals surface area contributed by atoms with Crippen molar-refractivity contribution in [1.29, 1.82) is 0 Å². The van der Waals surface area contributed by atoms with Crippen LogP contribution in [0, 0.1) is 0 Å². The minimum Gasteiger partial charge on any atom is -0.507 e. The first-order valence-corrected chi connectivity index (χ1v) is 14.8. The van der Waals surface area contributed by atoms with E-state index in [1.54, 1.807) is 12.1 Å². The van der Waals surface area contributed by atoms with Gasteiger partial charge >= 0.3 is 5.97 Å². The van der Waals surface area contributed by atoms with Gasteiger partial charge in [0.25, 0.3) is 5.91 Å². The number of thioether (sulfide) groups is 1. The van der Waals surface area contributed by atoms with Gasteiger partial charge in [-0.3, -0.25) is 4.79 Å². The molecule has 1 rings (SSSR count). The average molecular weight is 556 g/mol. The number of phenolic OH excluding ortho intramolecular Hbond substituents is 1. The van der Waals surface area contributed by atoms with E-state index < -0.39 is 11.4 Å². The maximum absolute atomic E-state index is 12.3. The number of phenols is 1. The quantitative estimate of drug-likeness (QED) is 0.0717. The Morgan fingerprint density at radius 1 is 0.897 bits per heavy atom. The van der Waals surface area contributed by atoms with Crippen molar-refractivity contribution in [2.24, 2.45) is 0 Å². The van der Waals surface area contributed by atoms with E-state index in [0.29, 0.717) is 0 Å². The maximum Gasteiger partial charge on any atom is 0.341 e. The Bertz CT molecular complexity index is 952. The summed E-state index contributed by atoms with van der Waals surface area (Å²) in [5.41, 5.74) is -0.508. The molecule has 6 nitrogen and oxygen atoms in total. The zero-order chi connectivity index (χ0) is 28.4. The zero-order valence-electron chi connectivity index (χ0n) is 23.4. The summed E-state index contributed by atoms with van der Waals surface area (Å²) in [6.45, 7) is 2.32. The maximum atomic E-state index is 12.3. The van der Waals surface area contributed by atoms with Crippen molar-refractivity contribution in [1.82, 2.24) is 5.32 Å². The fourth-order valence-electron chi connectivity index (χ4n) is 3.30. The summed E-state index contributed by atoms with van der Waals surface area (Å²) in [5, 5.41) is 12.4. The lowest BCUT2D eigenvalue weighted by molar-refractivity contribution is -0.126. The monoisotopic (exact) mass is 555 g/mol. The van der Waals surface area contributed by atoms with Crippen molar-refractivity contribution < 1.29 is 24.2 Å². The fourth-order valence-corrected chi connectivity index (χ4v) is 4.25. The molecule has 0 spiro atoms. The number of hydrogen-bond acceptors (Lipinski definition) is 6. The Balaban J connectivity index is 2.05. The largest absolute Gasteiger partial charge is 0.507 e. The lowest BCUT2D eigenvalue weighted by atomic mass is 10.2. The van der Waals surface area contributed by atoms with Gasteiger partial charge < -0.3 is 19.9 Å². The van der Waals surface area contributed by atoms with Crippen LogP contribution in [0.4, 0.5) is 0 Å². The summed E-state index contributed by atoms with van der Waals surface area (Å²) in [7, 11) is 1.51. The number of esters is 1. The number of carbonyl (C=O) groups is 2. The first kappa shape index (κ1) is 34.0. The highest BCUT2D eigenvalue weighted by Gasteiger charge is 2.18. The molecular weight excluding hydrogens is 510 g/mol. The second-order valence-electron chi connectivity index (χ2n) is 8.59. The topological polar surface area (TPSA) is 84.9 Å². The van der Waals surface area contributed by atoms with Gasteiger partial charge in [-0.05, 0) is 69.3 Å². The van der Waals surface area contributed by atoms with Crippen molar-refractivity contribution >= 4 is 23.6 Å². The number of aromatic hydroxyl groups is 1. The van der Waals surface area contributed by atoms with E-state index in [9.17, 15) is 14.7 Å². The Labute approximate surface area is 238 Å². The zero-order valence-corrected chi connectivity index (χ0v) is 24.2. The van der Waals surface area contributed by atoms with Crippen molar-refractivity contribution in [3.63, 3.8) is 0 Å². The number of nitrogens with one attached hydrogen (secondary N) is 1. The average Bonchev–Trinajstić information content (AvgIpc) is 2.94. The number of para-hydroxylation sites is 1.